The number of halogens is 1. The Morgan fingerprint density at radius 1 is 1.25 bits per heavy atom. The van der Waals surface area contributed by atoms with Gasteiger partial charge >= 0.3 is 5.63 Å². The first-order valence-electron chi connectivity index (χ1n) is 6.09. The Morgan fingerprint density at radius 2 is 2.00 bits per heavy atom. The molecule has 3 aromatic rings. The highest BCUT2D eigenvalue weighted by atomic mass is 19.1. The zero-order valence-corrected chi connectivity index (χ0v) is 10.9. The van der Waals surface area contributed by atoms with Gasteiger partial charge in [0.05, 0.1) is 5.39 Å². The average molecular weight is 269 g/mol. The maximum atomic E-state index is 13.4. The van der Waals surface area contributed by atoms with Gasteiger partial charge in [-0.1, -0.05) is 12.6 Å². The number of fused-ring (bicyclic) bond motifs is 3. The Labute approximate surface area is 114 Å². The predicted molar refractivity (Wildman–Crippen MR) is 79.1 cm³/mol. The van der Waals surface area contributed by atoms with Gasteiger partial charge in [-0.05, 0) is 36.8 Å². The highest BCUT2D eigenvalue weighted by molar-refractivity contribution is 6.09. The molecule has 0 saturated carbocycles. The molecule has 3 nitrogen and oxygen atoms in total. The van der Waals surface area contributed by atoms with Crippen LogP contribution in [0, 0.1) is 5.82 Å². The minimum absolute atomic E-state index is 0.343. The number of benzene rings is 2. The number of allylic oxidation sites excluding steroid dienone is 1. The van der Waals surface area contributed by atoms with Crippen LogP contribution in [-0.4, -0.2) is 0 Å². The van der Waals surface area contributed by atoms with Gasteiger partial charge in [-0.3, -0.25) is 0 Å². The van der Waals surface area contributed by atoms with E-state index in [9.17, 15) is 9.18 Å². The molecule has 0 fully saturated rings. The van der Waals surface area contributed by atoms with Gasteiger partial charge in [0.15, 0.2) is 0 Å². The summed E-state index contributed by atoms with van der Waals surface area (Å²) in [6.45, 7) is 5.60. The second-order valence-corrected chi connectivity index (χ2v) is 4.76. The molecule has 0 aliphatic carbocycles. The number of anilines is 1. The summed E-state index contributed by atoms with van der Waals surface area (Å²) in [5.41, 5.74) is 7.44. The van der Waals surface area contributed by atoms with E-state index in [1.807, 2.05) is 0 Å². The molecular weight excluding hydrogens is 257 g/mol. The van der Waals surface area contributed by atoms with E-state index in [0.717, 1.165) is 0 Å². The SMILES string of the molecule is C=C(C)c1c(N)ccc2c1c(=O)oc1ccc(F)cc12. The molecule has 2 aromatic carbocycles. The number of nitrogen functional groups attached to an aromatic ring is 1. The van der Waals surface area contributed by atoms with Crippen molar-refractivity contribution in [3.63, 3.8) is 0 Å². The summed E-state index contributed by atoms with van der Waals surface area (Å²) in [6, 6.07) is 7.45. The zero-order valence-electron chi connectivity index (χ0n) is 10.9. The molecule has 0 unspecified atom stereocenters. The number of hydrogen-bond donors (Lipinski definition) is 1. The van der Waals surface area contributed by atoms with Crippen LogP contribution in [0.15, 0.2) is 46.1 Å². The Bertz CT molecular complexity index is 925. The predicted octanol–water partition coefficient (Wildman–Crippen LogP) is 3.70. The summed E-state index contributed by atoms with van der Waals surface area (Å²) in [7, 11) is 0. The van der Waals surface area contributed by atoms with Crippen molar-refractivity contribution >= 4 is 33.0 Å². The summed E-state index contributed by atoms with van der Waals surface area (Å²) in [5.74, 6) is -0.388. The lowest BCUT2D eigenvalue weighted by molar-refractivity contribution is 0.567. The third-order valence-corrected chi connectivity index (χ3v) is 3.30. The summed E-state index contributed by atoms with van der Waals surface area (Å²) < 4.78 is 18.7. The molecule has 0 aliphatic heterocycles. The molecule has 0 aliphatic rings. The maximum absolute atomic E-state index is 13.4. The molecule has 0 bridgehead atoms. The van der Waals surface area contributed by atoms with Crippen molar-refractivity contribution < 1.29 is 8.81 Å². The highest BCUT2D eigenvalue weighted by Gasteiger charge is 2.14. The summed E-state index contributed by atoms with van der Waals surface area (Å²) >= 11 is 0. The number of rotatable bonds is 1. The van der Waals surface area contributed by atoms with E-state index in [0.29, 0.717) is 38.6 Å². The van der Waals surface area contributed by atoms with Crippen molar-refractivity contribution in [2.45, 2.75) is 6.92 Å². The van der Waals surface area contributed by atoms with Crippen LogP contribution in [0.3, 0.4) is 0 Å². The summed E-state index contributed by atoms with van der Waals surface area (Å²) in [5, 5.41) is 1.50. The van der Waals surface area contributed by atoms with E-state index in [2.05, 4.69) is 6.58 Å². The average Bonchev–Trinajstić information content (AvgIpc) is 2.39. The standard InChI is InChI=1S/C16H12FNO2/c1-8(2)14-12(18)5-4-10-11-7-9(17)3-6-13(11)20-16(19)15(10)14/h3-7H,1,18H2,2H3. The van der Waals surface area contributed by atoms with E-state index in [-0.39, 0.29) is 5.82 Å². The van der Waals surface area contributed by atoms with Crippen molar-refractivity contribution in [1.29, 1.82) is 0 Å². The van der Waals surface area contributed by atoms with Crippen LogP contribution in [0.5, 0.6) is 0 Å². The maximum Gasteiger partial charge on any atom is 0.344 e. The van der Waals surface area contributed by atoms with Crippen molar-refractivity contribution in [2.75, 3.05) is 5.73 Å². The number of nitrogens with two attached hydrogens (primary N) is 1. The van der Waals surface area contributed by atoms with Crippen molar-refractivity contribution in [3.8, 4) is 0 Å². The quantitative estimate of drug-likeness (QED) is 0.416. The largest absolute Gasteiger partial charge is 0.422 e. The van der Waals surface area contributed by atoms with Crippen LogP contribution in [0.1, 0.15) is 12.5 Å². The normalized spacial score (nSPS) is 11.1. The van der Waals surface area contributed by atoms with Crippen molar-refractivity contribution in [1.82, 2.24) is 0 Å². The molecule has 0 amide bonds. The van der Waals surface area contributed by atoms with Crippen LogP contribution < -0.4 is 11.4 Å². The molecule has 1 aromatic heterocycles. The molecule has 100 valence electrons. The molecule has 20 heavy (non-hydrogen) atoms. The second-order valence-electron chi connectivity index (χ2n) is 4.76. The van der Waals surface area contributed by atoms with E-state index in [4.69, 9.17) is 10.2 Å². The second kappa shape index (κ2) is 4.20. The van der Waals surface area contributed by atoms with E-state index in [1.165, 1.54) is 18.2 Å². The smallest absolute Gasteiger partial charge is 0.344 e. The Kier molecular flexibility index (Phi) is 2.61. The molecule has 0 atom stereocenters. The van der Waals surface area contributed by atoms with Crippen LogP contribution in [0.2, 0.25) is 0 Å². The first kappa shape index (κ1) is 12.4. The van der Waals surface area contributed by atoms with Gasteiger partial charge in [-0.2, -0.15) is 0 Å². The van der Waals surface area contributed by atoms with Gasteiger partial charge < -0.3 is 10.2 Å². The molecular formula is C16H12FNO2. The molecule has 0 spiro atoms. The van der Waals surface area contributed by atoms with Crippen LogP contribution in [-0.2, 0) is 0 Å². The molecule has 0 saturated heterocycles. The minimum atomic E-state index is -0.496. The minimum Gasteiger partial charge on any atom is -0.422 e. The molecule has 3 rings (SSSR count). The van der Waals surface area contributed by atoms with E-state index in [1.54, 1.807) is 19.1 Å². The van der Waals surface area contributed by atoms with Gasteiger partial charge in [0, 0.05) is 22.0 Å². The lowest BCUT2D eigenvalue weighted by atomic mass is 9.97. The van der Waals surface area contributed by atoms with Gasteiger partial charge in [-0.15, -0.1) is 0 Å². The number of hydrogen-bond acceptors (Lipinski definition) is 3. The van der Waals surface area contributed by atoms with E-state index < -0.39 is 5.63 Å². The Morgan fingerprint density at radius 3 is 2.70 bits per heavy atom. The summed E-state index contributed by atoms with van der Waals surface area (Å²) in [6.07, 6.45) is 0. The molecule has 0 radical (unpaired) electrons. The fraction of sp³-hybridized carbons (Fsp3) is 0.0625. The third kappa shape index (κ3) is 1.69. The van der Waals surface area contributed by atoms with Gasteiger partial charge in [0.2, 0.25) is 0 Å². The zero-order chi connectivity index (χ0) is 14.4. The van der Waals surface area contributed by atoms with Crippen molar-refractivity contribution in [3.05, 3.63) is 58.7 Å². The Hall–Kier alpha value is -2.62. The summed E-state index contributed by atoms with van der Waals surface area (Å²) in [4.78, 5) is 12.2. The van der Waals surface area contributed by atoms with Crippen molar-refractivity contribution in [2.24, 2.45) is 0 Å². The third-order valence-electron chi connectivity index (χ3n) is 3.30. The lowest BCUT2D eigenvalue weighted by Crippen LogP contribution is -2.05. The first-order valence-corrected chi connectivity index (χ1v) is 6.09. The molecule has 2 N–H and O–H groups in total. The monoisotopic (exact) mass is 269 g/mol. The fourth-order valence-corrected chi connectivity index (χ4v) is 2.47. The van der Waals surface area contributed by atoms with Crippen LogP contribution in [0.25, 0.3) is 27.3 Å². The fourth-order valence-electron chi connectivity index (χ4n) is 2.47. The lowest BCUT2D eigenvalue weighted by Gasteiger charge is -2.10. The van der Waals surface area contributed by atoms with Gasteiger partial charge in [-0.25, -0.2) is 9.18 Å². The van der Waals surface area contributed by atoms with Gasteiger partial charge in [0.1, 0.15) is 11.4 Å². The highest BCUT2D eigenvalue weighted by Crippen LogP contribution is 2.31. The first-order chi connectivity index (χ1) is 9.49. The molecule has 1 heterocycles. The topological polar surface area (TPSA) is 56.2 Å². The molecule has 4 heteroatoms. The van der Waals surface area contributed by atoms with E-state index >= 15 is 0 Å². The van der Waals surface area contributed by atoms with Gasteiger partial charge in [0.25, 0.3) is 0 Å². The van der Waals surface area contributed by atoms with Crippen LogP contribution in [0.4, 0.5) is 10.1 Å². The Balaban J connectivity index is 2.65. The van der Waals surface area contributed by atoms with Crippen LogP contribution >= 0.6 is 0 Å².